The lowest BCUT2D eigenvalue weighted by atomic mass is 10.0. The Hall–Kier alpha value is -1.17. The first-order valence-corrected chi connectivity index (χ1v) is 8.72. The molecule has 0 radical (unpaired) electrons. The topological polar surface area (TPSA) is 37.8 Å². The molecule has 1 saturated carbocycles. The Morgan fingerprint density at radius 1 is 1.19 bits per heavy atom. The summed E-state index contributed by atoms with van der Waals surface area (Å²) in [7, 11) is 0. The fourth-order valence-electron chi connectivity index (χ4n) is 2.54. The molecule has 2 aromatic rings. The Morgan fingerprint density at radius 3 is 2.62 bits per heavy atom. The molecular formula is C17H20IN3. The van der Waals surface area contributed by atoms with E-state index in [4.69, 9.17) is 9.97 Å². The van der Waals surface area contributed by atoms with Crippen molar-refractivity contribution in [1.82, 2.24) is 9.97 Å². The summed E-state index contributed by atoms with van der Waals surface area (Å²) in [6, 6.07) is 8.45. The number of anilines is 1. The van der Waals surface area contributed by atoms with Gasteiger partial charge in [-0.3, -0.25) is 0 Å². The van der Waals surface area contributed by atoms with Crippen LogP contribution in [0, 0.1) is 3.57 Å². The van der Waals surface area contributed by atoms with E-state index >= 15 is 0 Å². The summed E-state index contributed by atoms with van der Waals surface area (Å²) >= 11 is 2.39. The van der Waals surface area contributed by atoms with Crippen LogP contribution < -0.4 is 5.32 Å². The second-order valence-corrected chi connectivity index (χ2v) is 6.49. The highest BCUT2D eigenvalue weighted by molar-refractivity contribution is 14.1. The first kappa shape index (κ1) is 14.8. The largest absolute Gasteiger partial charge is 0.369 e. The summed E-state index contributed by atoms with van der Waals surface area (Å²) < 4.78 is 1.19. The third-order valence-electron chi connectivity index (χ3n) is 3.82. The Kier molecular flexibility index (Phi) is 4.42. The first-order valence-electron chi connectivity index (χ1n) is 7.64. The molecule has 0 bridgehead atoms. The maximum absolute atomic E-state index is 4.90. The van der Waals surface area contributed by atoms with Crippen molar-refractivity contribution in [2.75, 3.05) is 11.9 Å². The lowest BCUT2D eigenvalue weighted by Crippen LogP contribution is -2.08. The van der Waals surface area contributed by atoms with Gasteiger partial charge in [0, 0.05) is 18.0 Å². The zero-order chi connectivity index (χ0) is 14.8. The molecule has 1 aromatic heterocycles. The zero-order valence-corrected chi connectivity index (χ0v) is 14.6. The van der Waals surface area contributed by atoms with Gasteiger partial charge in [0.1, 0.15) is 5.82 Å². The van der Waals surface area contributed by atoms with Crippen LogP contribution in [-0.2, 0) is 6.42 Å². The Bertz CT molecular complexity index is 650. The molecule has 0 atom stereocenters. The van der Waals surface area contributed by atoms with Gasteiger partial charge in [0.15, 0.2) is 5.82 Å². The third kappa shape index (κ3) is 3.05. The molecule has 1 aliphatic rings. The molecule has 0 amide bonds. The van der Waals surface area contributed by atoms with Crippen LogP contribution in [0.4, 0.5) is 5.82 Å². The van der Waals surface area contributed by atoms with Crippen LogP contribution in [0.5, 0.6) is 0 Å². The predicted octanol–water partition coefficient (Wildman–Crippen LogP) is 4.62. The number of aryl methyl sites for hydroxylation is 1. The number of hydrogen-bond acceptors (Lipinski definition) is 3. The molecule has 1 aromatic carbocycles. The van der Waals surface area contributed by atoms with Crippen molar-refractivity contribution >= 4 is 28.4 Å². The highest BCUT2D eigenvalue weighted by Crippen LogP contribution is 2.43. The SMILES string of the molecule is CCNc1nc(-c2ccccc2CC)nc(C2CC2)c1I. The van der Waals surface area contributed by atoms with E-state index in [2.05, 4.69) is 66.0 Å². The number of nitrogens with zero attached hydrogens (tertiary/aromatic N) is 2. The normalized spacial score (nSPS) is 14.2. The van der Waals surface area contributed by atoms with Gasteiger partial charge in [-0.25, -0.2) is 9.97 Å². The van der Waals surface area contributed by atoms with Gasteiger partial charge in [0.25, 0.3) is 0 Å². The van der Waals surface area contributed by atoms with Gasteiger partial charge in [-0.1, -0.05) is 31.2 Å². The highest BCUT2D eigenvalue weighted by Gasteiger charge is 2.29. The number of benzene rings is 1. The molecule has 1 heterocycles. The molecule has 110 valence electrons. The van der Waals surface area contributed by atoms with Crippen LogP contribution in [0.15, 0.2) is 24.3 Å². The van der Waals surface area contributed by atoms with Crippen molar-refractivity contribution in [3.63, 3.8) is 0 Å². The van der Waals surface area contributed by atoms with Crippen molar-refractivity contribution in [2.24, 2.45) is 0 Å². The molecule has 1 N–H and O–H groups in total. The summed E-state index contributed by atoms with van der Waals surface area (Å²) in [5.41, 5.74) is 3.70. The summed E-state index contributed by atoms with van der Waals surface area (Å²) in [6.07, 6.45) is 3.52. The monoisotopic (exact) mass is 393 g/mol. The van der Waals surface area contributed by atoms with E-state index in [1.165, 1.54) is 27.7 Å². The van der Waals surface area contributed by atoms with Gasteiger partial charge < -0.3 is 5.32 Å². The molecule has 3 rings (SSSR count). The van der Waals surface area contributed by atoms with Crippen molar-refractivity contribution in [3.05, 3.63) is 39.1 Å². The van der Waals surface area contributed by atoms with E-state index in [9.17, 15) is 0 Å². The zero-order valence-electron chi connectivity index (χ0n) is 12.5. The second-order valence-electron chi connectivity index (χ2n) is 5.41. The average Bonchev–Trinajstić information content (AvgIpc) is 3.34. The minimum atomic E-state index is 0.629. The molecule has 0 unspecified atom stereocenters. The summed E-state index contributed by atoms with van der Waals surface area (Å²) in [4.78, 5) is 9.68. The van der Waals surface area contributed by atoms with Crippen LogP contribution >= 0.6 is 22.6 Å². The van der Waals surface area contributed by atoms with Gasteiger partial charge in [0.2, 0.25) is 0 Å². The minimum absolute atomic E-state index is 0.629. The van der Waals surface area contributed by atoms with Crippen molar-refractivity contribution in [1.29, 1.82) is 0 Å². The number of halogens is 1. The Labute approximate surface area is 139 Å². The minimum Gasteiger partial charge on any atom is -0.369 e. The van der Waals surface area contributed by atoms with E-state index in [0.717, 1.165) is 30.2 Å². The summed E-state index contributed by atoms with van der Waals surface area (Å²) in [5.74, 6) is 2.48. The van der Waals surface area contributed by atoms with Crippen LogP contribution in [0.1, 0.15) is 43.9 Å². The Morgan fingerprint density at radius 2 is 1.95 bits per heavy atom. The third-order valence-corrected chi connectivity index (χ3v) is 4.89. The fourth-order valence-corrected chi connectivity index (χ4v) is 3.42. The summed E-state index contributed by atoms with van der Waals surface area (Å²) in [6.45, 7) is 5.17. The molecule has 1 fully saturated rings. The van der Waals surface area contributed by atoms with Crippen LogP contribution in [0.2, 0.25) is 0 Å². The van der Waals surface area contributed by atoms with Crippen molar-refractivity contribution < 1.29 is 0 Å². The highest BCUT2D eigenvalue weighted by atomic mass is 127. The summed E-state index contributed by atoms with van der Waals surface area (Å²) in [5, 5.41) is 3.39. The van der Waals surface area contributed by atoms with Gasteiger partial charge >= 0.3 is 0 Å². The number of rotatable bonds is 5. The standard InChI is InChI=1S/C17H20IN3/c1-3-11-7-5-6-8-13(11)16-20-15(12-9-10-12)14(18)17(21-16)19-4-2/h5-8,12H,3-4,9-10H2,1-2H3,(H,19,20,21). The average molecular weight is 393 g/mol. The molecule has 21 heavy (non-hydrogen) atoms. The predicted molar refractivity (Wildman–Crippen MR) is 95.7 cm³/mol. The van der Waals surface area contributed by atoms with E-state index < -0.39 is 0 Å². The van der Waals surface area contributed by atoms with E-state index in [0.29, 0.717) is 5.92 Å². The van der Waals surface area contributed by atoms with Gasteiger partial charge in [-0.2, -0.15) is 0 Å². The first-order chi connectivity index (χ1) is 10.2. The molecule has 0 aliphatic heterocycles. The van der Waals surface area contributed by atoms with E-state index in [1.54, 1.807) is 0 Å². The van der Waals surface area contributed by atoms with Crippen LogP contribution in [0.3, 0.4) is 0 Å². The smallest absolute Gasteiger partial charge is 0.162 e. The number of aromatic nitrogens is 2. The molecule has 1 aliphatic carbocycles. The molecule has 0 saturated heterocycles. The maximum Gasteiger partial charge on any atom is 0.162 e. The van der Waals surface area contributed by atoms with Crippen LogP contribution in [-0.4, -0.2) is 16.5 Å². The van der Waals surface area contributed by atoms with Crippen molar-refractivity contribution in [2.45, 2.75) is 39.0 Å². The van der Waals surface area contributed by atoms with Gasteiger partial charge in [-0.15, -0.1) is 0 Å². The quantitative estimate of drug-likeness (QED) is 0.754. The molecular weight excluding hydrogens is 373 g/mol. The van der Waals surface area contributed by atoms with E-state index in [1.807, 2.05) is 0 Å². The lowest BCUT2D eigenvalue weighted by Gasteiger charge is -2.13. The van der Waals surface area contributed by atoms with E-state index in [-0.39, 0.29) is 0 Å². The van der Waals surface area contributed by atoms with Crippen LogP contribution in [0.25, 0.3) is 11.4 Å². The number of nitrogens with one attached hydrogen (secondary N) is 1. The molecule has 0 spiro atoms. The number of hydrogen-bond donors (Lipinski definition) is 1. The Balaban J connectivity index is 2.13. The second kappa shape index (κ2) is 6.30. The van der Waals surface area contributed by atoms with Gasteiger partial charge in [-0.05, 0) is 54.3 Å². The fraction of sp³-hybridized carbons (Fsp3) is 0.412. The van der Waals surface area contributed by atoms with Gasteiger partial charge in [0.05, 0.1) is 9.26 Å². The maximum atomic E-state index is 4.90. The molecule has 3 nitrogen and oxygen atoms in total. The van der Waals surface area contributed by atoms with Crippen molar-refractivity contribution in [3.8, 4) is 11.4 Å². The lowest BCUT2D eigenvalue weighted by molar-refractivity contribution is 0.968. The molecule has 4 heteroatoms.